The van der Waals surface area contributed by atoms with E-state index in [9.17, 15) is 12.6 Å². The van der Waals surface area contributed by atoms with Crippen LogP contribution >= 0.6 is 0 Å². The monoisotopic (exact) mass is 251 g/mol. The molecular weight excluding hydrogens is 242 g/mol. The van der Waals surface area contributed by atoms with E-state index < -0.39 is 21.1 Å². The second kappa shape index (κ2) is 4.81. The average molecular weight is 251 g/mol. The van der Waals surface area contributed by atoms with Crippen LogP contribution < -0.4 is 4.89 Å². The van der Waals surface area contributed by atoms with Crippen molar-refractivity contribution >= 4 is 21.1 Å². The topological polar surface area (TPSA) is 92.7 Å². The van der Waals surface area contributed by atoms with Gasteiger partial charge < -0.3 is 4.55 Å². The highest BCUT2D eigenvalue weighted by Crippen LogP contribution is 2.17. The Hall–Kier alpha value is -0.800. The Morgan fingerprint density at radius 2 is 2.00 bits per heavy atom. The second-order valence-corrected chi connectivity index (χ2v) is 5.04. The standard InChI is InChI=1S/C7H9NO5S2/c1-13-8-15(11,12)7-5-3-2-4-6(7)14(9)10/h2-5,8H,1H3,(H,9,10). The lowest BCUT2D eigenvalue weighted by atomic mass is 10.4. The molecule has 6 nitrogen and oxygen atoms in total. The lowest BCUT2D eigenvalue weighted by Crippen LogP contribution is -2.23. The molecule has 2 N–H and O–H groups in total. The summed E-state index contributed by atoms with van der Waals surface area (Å²) >= 11 is -2.37. The van der Waals surface area contributed by atoms with Gasteiger partial charge in [0.05, 0.1) is 12.0 Å². The highest BCUT2D eigenvalue weighted by Gasteiger charge is 2.20. The summed E-state index contributed by atoms with van der Waals surface area (Å²) in [5.41, 5.74) is 0. The Kier molecular flexibility index (Phi) is 3.94. The molecule has 0 aliphatic rings. The third-order valence-electron chi connectivity index (χ3n) is 1.52. The maximum atomic E-state index is 11.5. The summed E-state index contributed by atoms with van der Waals surface area (Å²) in [6.07, 6.45) is 0. The largest absolute Gasteiger partial charge is 0.302 e. The first-order valence-corrected chi connectivity index (χ1v) is 6.32. The summed E-state index contributed by atoms with van der Waals surface area (Å²) < 4.78 is 42.7. The summed E-state index contributed by atoms with van der Waals surface area (Å²) in [4.78, 5) is 5.56. The molecule has 0 spiro atoms. The summed E-state index contributed by atoms with van der Waals surface area (Å²) in [5, 5.41) is 0. The first-order valence-electron chi connectivity index (χ1n) is 3.73. The van der Waals surface area contributed by atoms with Gasteiger partial charge >= 0.3 is 0 Å². The molecule has 0 amide bonds. The lowest BCUT2D eigenvalue weighted by Gasteiger charge is -2.06. The molecule has 0 fully saturated rings. The fraction of sp³-hybridized carbons (Fsp3) is 0.143. The van der Waals surface area contributed by atoms with E-state index in [2.05, 4.69) is 4.84 Å². The molecule has 15 heavy (non-hydrogen) atoms. The third kappa shape index (κ3) is 2.83. The molecule has 0 bridgehead atoms. The number of sulfonamides is 1. The van der Waals surface area contributed by atoms with Gasteiger partial charge in [-0.05, 0) is 12.1 Å². The van der Waals surface area contributed by atoms with Crippen LogP contribution in [-0.2, 0) is 25.9 Å². The van der Waals surface area contributed by atoms with E-state index in [1.54, 1.807) is 4.89 Å². The van der Waals surface area contributed by atoms with E-state index in [0.717, 1.165) is 7.11 Å². The van der Waals surface area contributed by atoms with E-state index in [0.29, 0.717) is 0 Å². The normalized spacial score (nSPS) is 13.7. The summed E-state index contributed by atoms with van der Waals surface area (Å²) in [6, 6.07) is 5.38. The van der Waals surface area contributed by atoms with Gasteiger partial charge in [0.15, 0.2) is 11.1 Å². The van der Waals surface area contributed by atoms with Crippen LogP contribution in [0.2, 0.25) is 0 Å². The minimum Gasteiger partial charge on any atom is -0.302 e. The highest BCUT2D eigenvalue weighted by atomic mass is 32.2. The van der Waals surface area contributed by atoms with Crippen molar-refractivity contribution in [2.45, 2.75) is 9.79 Å². The number of hydrogen-bond acceptors (Lipinski definition) is 4. The Balaban J connectivity index is 3.31. The van der Waals surface area contributed by atoms with Crippen LogP contribution in [0, 0.1) is 0 Å². The van der Waals surface area contributed by atoms with Gasteiger partial charge in [0.25, 0.3) is 10.0 Å². The molecular formula is C7H9NO5S2. The first-order chi connectivity index (χ1) is 6.99. The van der Waals surface area contributed by atoms with Crippen LogP contribution in [0.4, 0.5) is 0 Å². The van der Waals surface area contributed by atoms with E-state index in [4.69, 9.17) is 4.55 Å². The van der Waals surface area contributed by atoms with Gasteiger partial charge in [0.1, 0.15) is 4.90 Å². The van der Waals surface area contributed by atoms with Gasteiger partial charge in [0.2, 0.25) is 0 Å². The fourth-order valence-electron chi connectivity index (χ4n) is 0.971. The lowest BCUT2D eigenvalue weighted by molar-refractivity contribution is 0.153. The van der Waals surface area contributed by atoms with E-state index in [-0.39, 0.29) is 9.79 Å². The van der Waals surface area contributed by atoms with Gasteiger partial charge in [0, 0.05) is 0 Å². The SMILES string of the molecule is CONS(=O)(=O)c1ccccc1S(=O)O. The molecule has 0 aromatic heterocycles. The Morgan fingerprint density at radius 1 is 1.40 bits per heavy atom. The van der Waals surface area contributed by atoms with E-state index in [1.807, 2.05) is 0 Å². The zero-order valence-corrected chi connectivity index (χ0v) is 9.34. The first kappa shape index (κ1) is 12.3. The van der Waals surface area contributed by atoms with Crippen LogP contribution in [0.5, 0.6) is 0 Å². The Labute approximate surface area is 89.6 Å². The van der Waals surface area contributed by atoms with Gasteiger partial charge in [-0.3, -0.25) is 4.84 Å². The Morgan fingerprint density at radius 3 is 2.53 bits per heavy atom. The van der Waals surface area contributed by atoms with Crippen LogP contribution in [0.3, 0.4) is 0 Å². The average Bonchev–Trinajstić information content (AvgIpc) is 2.17. The molecule has 0 saturated heterocycles. The fourth-order valence-corrected chi connectivity index (χ4v) is 2.85. The minimum absolute atomic E-state index is 0.193. The molecule has 1 atom stereocenters. The number of hydrogen-bond donors (Lipinski definition) is 2. The van der Waals surface area contributed by atoms with Crippen molar-refractivity contribution in [1.82, 2.24) is 4.89 Å². The number of benzene rings is 1. The van der Waals surface area contributed by atoms with Crippen molar-refractivity contribution in [3.63, 3.8) is 0 Å². The maximum Gasteiger partial charge on any atom is 0.263 e. The summed E-state index contributed by atoms with van der Waals surface area (Å²) in [6.45, 7) is 0. The van der Waals surface area contributed by atoms with Crippen molar-refractivity contribution in [2.24, 2.45) is 0 Å². The van der Waals surface area contributed by atoms with Gasteiger partial charge in [-0.15, -0.1) is 0 Å². The van der Waals surface area contributed by atoms with E-state index in [1.165, 1.54) is 24.3 Å². The zero-order valence-electron chi connectivity index (χ0n) is 7.71. The molecule has 84 valence electrons. The van der Waals surface area contributed by atoms with Crippen molar-refractivity contribution in [1.29, 1.82) is 0 Å². The molecule has 0 heterocycles. The number of rotatable bonds is 4. The minimum atomic E-state index is -3.91. The predicted octanol–water partition coefficient (Wildman–Crippen LogP) is 0.107. The van der Waals surface area contributed by atoms with Gasteiger partial charge in [-0.1, -0.05) is 17.0 Å². The smallest absolute Gasteiger partial charge is 0.263 e. The molecule has 8 heteroatoms. The van der Waals surface area contributed by atoms with Gasteiger partial charge in [-0.2, -0.15) is 0 Å². The van der Waals surface area contributed by atoms with Crippen molar-refractivity contribution in [3.05, 3.63) is 24.3 Å². The second-order valence-electron chi connectivity index (χ2n) is 2.49. The van der Waals surface area contributed by atoms with Gasteiger partial charge in [-0.25, -0.2) is 12.6 Å². The molecule has 1 rings (SSSR count). The van der Waals surface area contributed by atoms with Crippen molar-refractivity contribution in [2.75, 3.05) is 7.11 Å². The van der Waals surface area contributed by atoms with Crippen molar-refractivity contribution < 1.29 is 22.0 Å². The molecule has 1 aromatic rings. The molecule has 0 aliphatic heterocycles. The van der Waals surface area contributed by atoms with Crippen LogP contribution in [0.1, 0.15) is 0 Å². The molecule has 0 radical (unpaired) electrons. The van der Waals surface area contributed by atoms with Crippen LogP contribution in [0.15, 0.2) is 34.1 Å². The van der Waals surface area contributed by atoms with Crippen LogP contribution in [-0.4, -0.2) is 24.3 Å². The highest BCUT2D eigenvalue weighted by molar-refractivity contribution is 7.90. The zero-order chi connectivity index (χ0) is 11.5. The molecule has 0 aliphatic carbocycles. The maximum absolute atomic E-state index is 11.5. The summed E-state index contributed by atoms with van der Waals surface area (Å²) in [7, 11) is -2.78. The molecule has 0 saturated carbocycles. The quantitative estimate of drug-likeness (QED) is 0.585. The predicted molar refractivity (Wildman–Crippen MR) is 52.8 cm³/mol. The third-order valence-corrected chi connectivity index (χ3v) is 3.70. The van der Waals surface area contributed by atoms with Crippen LogP contribution in [0.25, 0.3) is 0 Å². The van der Waals surface area contributed by atoms with Crippen molar-refractivity contribution in [3.8, 4) is 0 Å². The Bertz CT molecular complexity index is 470. The summed E-state index contributed by atoms with van der Waals surface area (Å²) in [5.74, 6) is 0. The number of nitrogens with one attached hydrogen (secondary N) is 1. The molecule has 1 unspecified atom stereocenters. The molecule has 1 aromatic carbocycles. The van der Waals surface area contributed by atoms with E-state index >= 15 is 0 Å².